The number of benzene rings is 2. The number of ether oxygens (including phenoxy) is 1. The van der Waals surface area contributed by atoms with Crippen LogP contribution in [0.1, 0.15) is 42.9 Å². The van der Waals surface area contributed by atoms with Gasteiger partial charge in [-0.25, -0.2) is 0 Å². The summed E-state index contributed by atoms with van der Waals surface area (Å²) in [6, 6.07) is 11.8. The minimum atomic E-state index is -4.46. The highest BCUT2D eigenvalue weighted by atomic mass is 19.4. The number of nitrogens with one attached hydrogen (secondary N) is 1. The van der Waals surface area contributed by atoms with E-state index in [0.29, 0.717) is 25.1 Å². The molecule has 0 bridgehead atoms. The molecule has 1 heterocycles. The molecule has 6 nitrogen and oxygen atoms in total. The van der Waals surface area contributed by atoms with Gasteiger partial charge < -0.3 is 20.1 Å². The van der Waals surface area contributed by atoms with Crippen molar-refractivity contribution in [3.05, 3.63) is 71.3 Å². The number of amides is 1. The lowest BCUT2D eigenvalue weighted by Gasteiger charge is -2.54. The first kappa shape index (κ1) is 26.9. The number of nitrogens with zero attached hydrogens (tertiary/aromatic N) is 1. The van der Waals surface area contributed by atoms with E-state index in [4.69, 9.17) is 4.74 Å². The molecular formula is C28H31F3N2O4. The third-order valence-electron chi connectivity index (χ3n) is 7.42. The zero-order valence-electron chi connectivity index (χ0n) is 20.8. The number of rotatable bonds is 5. The van der Waals surface area contributed by atoms with E-state index < -0.39 is 35.1 Å². The maximum absolute atomic E-state index is 13.0. The topological polar surface area (TPSA) is 78.9 Å². The Balaban J connectivity index is 1.54. The van der Waals surface area contributed by atoms with Crippen molar-refractivity contribution in [1.29, 1.82) is 0 Å². The van der Waals surface area contributed by atoms with Gasteiger partial charge in [0, 0.05) is 36.9 Å². The second kappa shape index (κ2) is 10.7. The van der Waals surface area contributed by atoms with E-state index in [0.717, 1.165) is 30.7 Å². The van der Waals surface area contributed by atoms with Gasteiger partial charge in [-0.3, -0.25) is 9.59 Å². The molecule has 1 amide bonds. The Morgan fingerprint density at radius 2 is 1.95 bits per heavy atom. The van der Waals surface area contributed by atoms with E-state index in [9.17, 15) is 27.9 Å². The van der Waals surface area contributed by atoms with Crippen LogP contribution in [0.15, 0.2) is 54.6 Å². The number of piperidine rings is 1. The van der Waals surface area contributed by atoms with Crippen LogP contribution in [0, 0.1) is 5.92 Å². The molecule has 198 valence electrons. The van der Waals surface area contributed by atoms with Crippen LogP contribution in [0.2, 0.25) is 0 Å². The van der Waals surface area contributed by atoms with E-state index in [-0.39, 0.29) is 17.5 Å². The van der Waals surface area contributed by atoms with Crippen LogP contribution in [0.3, 0.4) is 0 Å². The van der Waals surface area contributed by atoms with Gasteiger partial charge in [0.25, 0.3) is 0 Å². The van der Waals surface area contributed by atoms with Crippen molar-refractivity contribution in [2.45, 2.75) is 49.9 Å². The Morgan fingerprint density at radius 1 is 1.19 bits per heavy atom. The molecule has 1 saturated carbocycles. The number of aliphatic hydroxyl groups excluding tert-OH is 1. The average molecular weight is 517 g/mol. The first-order valence-electron chi connectivity index (χ1n) is 12.3. The van der Waals surface area contributed by atoms with Gasteiger partial charge in [-0.1, -0.05) is 24.3 Å². The number of carbonyl (C=O) groups is 2. The zero-order valence-corrected chi connectivity index (χ0v) is 20.8. The van der Waals surface area contributed by atoms with Crippen molar-refractivity contribution in [3.63, 3.8) is 0 Å². The Kier molecular flexibility index (Phi) is 7.75. The quantitative estimate of drug-likeness (QED) is 0.354. The summed E-state index contributed by atoms with van der Waals surface area (Å²) in [5.74, 6) is -0.505. The normalized spacial score (nSPS) is 26.5. The minimum absolute atomic E-state index is 0.0763. The minimum Gasteiger partial charge on any atom is -0.427 e. The highest BCUT2D eigenvalue weighted by molar-refractivity contribution is 5.92. The number of likely N-dealkylation sites (tertiary alicyclic amines) is 1. The van der Waals surface area contributed by atoms with Gasteiger partial charge in [0.15, 0.2) is 0 Å². The maximum atomic E-state index is 13.0. The first-order chi connectivity index (χ1) is 17.5. The predicted molar refractivity (Wildman–Crippen MR) is 133 cm³/mol. The highest BCUT2D eigenvalue weighted by Gasteiger charge is 2.51. The summed E-state index contributed by atoms with van der Waals surface area (Å²) in [4.78, 5) is 26.4. The summed E-state index contributed by atoms with van der Waals surface area (Å²) >= 11 is 0. The van der Waals surface area contributed by atoms with E-state index in [1.807, 2.05) is 25.2 Å². The fraction of sp³-hybridized carbons (Fsp3) is 0.429. The number of aliphatic hydroxyl groups is 1. The molecule has 0 spiro atoms. The van der Waals surface area contributed by atoms with Crippen molar-refractivity contribution < 1.29 is 32.6 Å². The lowest BCUT2D eigenvalue weighted by Crippen LogP contribution is -2.60. The highest BCUT2D eigenvalue weighted by Crippen LogP contribution is 2.49. The van der Waals surface area contributed by atoms with E-state index in [2.05, 4.69) is 10.2 Å². The Morgan fingerprint density at radius 3 is 2.68 bits per heavy atom. The van der Waals surface area contributed by atoms with E-state index >= 15 is 0 Å². The number of esters is 1. The summed E-state index contributed by atoms with van der Waals surface area (Å²) in [5, 5.41) is 14.1. The lowest BCUT2D eigenvalue weighted by molar-refractivity contribution is -0.137. The molecule has 9 heteroatoms. The number of halogens is 3. The van der Waals surface area contributed by atoms with Crippen molar-refractivity contribution in [1.82, 2.24) is 10.2 Å². The summed E-state index contributed by atoms with van der Waals surface area (Å²) in [6.07, 6.45) is -0.872. The molecule has 1 aliphatic carbocycles. The molecule has 4 rings (SSSR count). The third-order valence-corrected chi connectivity index (χ3v) is 7.42. The smallest absolute Gasteiger partial charge is 0.416 e. The first-order valence-corrected chi connectivity index (χ1v) is 12.3. The summed E-state index contributed by atoms with van der Waals surface area (Å²) in [7, 11) is 2.01. The molecule has 0 aromatic heterocycles. The number of carbonyl (C=O) groups excluding carboxylic acids is 2. The van der Waals surface area contributed by atoms with Gasteiger partial charge in [0.1, 0.15) is 5.75 Å². The Labute approximate surface area is 214 Å². The van der Waals surface area contributed by atoms with Gasteiger partial charge in [-0.15, -0.1) is 0 Å². The SMILES string of the molecule is CC(=O)Oc1cccc(C23CCN(C)CC2C(O)CC(NC(=O)C=Cc2cccc(C(F)(F)F)c2)C3)c1. The van der Waals surface area contributed by atoms with Crippen LogP contribution in [-0.2, 0) is 21.2 Å². The zero-order chi connectivity index (χ0) is 26.8. The van der Waals surface area contributed by atoms with E-state index in [1.165, 1.54) is 31.2 Å². The lowest BCUT2D eigenvalue weighted by atomic mass is 9.57. The summed E-state index contributed by atoms with van der Waals surface area (Å²) < 4.78 is 44.2. The summed E-state index contributed by atoms with van der Waals surface area (Å²) in [6.45, 7) is 2.83. The molecule has 1 saturated heterocycles. The van der Waals surface area contributed by atoms with Gasteiger partial charge in [0.05, 0.1) is 11.7 Å². The summed E-state index contributed by atoms with van der Waals surface area (Å²) in [5.41, 5.74) is -0.00963. The predicted octanol–water partition coefficient (Wildman–Crippen LogP) is 4.17. The number of alkyl halides is 3. The Hall–Kier alpha value is -3.17. The molecule has 2 fully saturated rings. The van der Waals surface area contributed by atoms with Gasteiger partial charge >= 0.3 is 12.1 Å². The van der Waals surface area contributed by atoms with Crippen LogP contribution in [0.4, 0.5) is 13.2 Å². The van der Waals surface area contributed by atoms with Crippen LogP contribution in [0.5, 0.6) is 5.75 Å². The molecule has 2 N–H and O–H groups in total. The standard InChI is InChI=1S/C28H31F3N2O4/c1-18(34)37-23-8-4-6-20(14-23)27-11-12-33(2)17-24(27)25(35)15-22(16-27)32-26(36)10-9-19-5-3-7-21(13-19)28(29,30)31/h3-10,13-14,22,24-25,35H,11-12,15-17H2,1-2H3,(H,32,36). The van der Waals surface area contributed by atoms with Gasteiger partial charge in [-0.2, -0.15) is 13.2 Å². The number of fused-ring (bicyclic) bond motifs is 1. The fourth-order valence-corrected chi connectivity index (χ4v) is 5.76. The molecule has 4 atom stereocenters. The average Bonchev–Trinajstić information content (AvgIpc) is 2.83. The van der Waals surface area contributed by atoms with E-state index in [1.54, 1.807) is 6.07 Å². The molecule has 4 unspecified atom stereocenters. The molecule has 2 aromatic carbocycles. The van der Waals surface area contributed by atoms with Crippen molar-refractivity contribution in [3.8, 4) is 5.75 Å². The monoisotopic (exact) mass is 516 g/mol. The molecule has 0 radical (unpaired) electrons. The van der Waals surface area contributed by atoms with Crippen molar-refractivity contribution >= 4 is 18.0 Å². The second-order valence-corrected chi connectivity index (χ2v) is 10.1. The molecule has 2 aliphatic rings. The second-order valence-electron chi connectivity index (χ2n) is 10.1. The van der Waals surface area contributed by atoms with Crippen LogP contribution in [-0.4, -0.2) is 54.2 Å². The van der Waals surface area contributed by atoms with Crippen LogP contribution < -0.4 is 10.1 Å². The van der Waals surface area contributed by atoms with Crippen LogP contribution >= 0.6 is 0 Å². The van der Waals surface area contributed by atoms with Gasteiger partial charge in [-0.05, 0) is 74.3 Å². The molecular weight excluding hydrogens is 485 g/mol. The van der Waals surface area contributed by atoms with Crippen LogP contribution in [0.25, 0.3) is 6.08 Å². The number of hydrogen-bond acceptors (Lipinski definition) is 5. The van der Waals surface area contributed by atoms with Gasteiger partial charge in [0.2, 0.25) is 5.91 Å². The van der Waals surface area contributed by atoms with Crippen molar-refractivity contribution in [2.24, 2.45) is 5.92 Å². The molecule has 37 heavy (non-hydrogen) atoms. The molecule has 2 aromatic rings. The van der Waals surface area contributed by atoms with Crippen molar-refractivity contribution in [2.75, 3.05) is 20.1 Å². The fourth-order valence-electron chi connectivity index (χ4n) is 5.76. The Bertz CT molecular complexity index is 1180. The maximum Gasteiger partial charge on any atom is 0.416 e. The third kappa shape index (κ3) is 6.22. The largest absolute Gasteiger partial charge is 0.427 e. The molecule has 1 aliphatic heterocycles. The number of hydrogen-bond donors (Lipinski definition) is 2.